The second kappa shape index (κ2) is 7.17. The zero-order valence-electron chi connectivity index (χ0n) is 4.47. The van der Waals surface area contributed by atoms with E-state index in [4.69, 9.17) is 0 Å². The smallest absolute Gasteiger partial charge is 0 e. The van der Waals surface area contributed by atoms with E-state index in [9.17, 15) is 0 Å². The summed E-state index contributed by atoms with van der Waals surface area (Å²) in [5.74, 6) is 0. The Kier molecular flexibility index (Phi) is 9.89. The summed E-state index contributed by atoms with van der Waals surface area (Å²) in [6, 6.07) is 12.0. The van der Waals surface area contributed by atoms with Crippen LogP contribution in [0.5, 0.6) is 0 Å². The van der Waals surface area contributed by atoms with E-state index in [1.807, 2.05) is 36.4 Å². The van der Waals surface area contributed by atoms with Crippen LogP contribution in [-0.4, -0.2) is 0 Å². The predicted octanol–water partition coefficient (Wildman–Crippen LogP) is 1.74. The number of benzene rings is 1. The minimum Gasteiger partial charge on any atom is -0.153 e. The molecule has 0 amide bonds. The Morgan fingerprint density at radius 3 is 0.750 bits per heavy atom. The largest absolute Gasteiger partial charge is 0.153 e. The van der Waals surface area contributed by atoms with Crippen LogP contribution < -0.4 is 0 Å². The molecular weight excluding hydrogens is 167 g/mol. The zero-order chi connectivity index (χ0) is 4.24. The molecule has 0 bridgehead atoms. The van der Waals surface area contributed by atoms with Crippen LogP contribution in [-0.2, 0) is 17.1 Å². The molecule has 0 aliphatic carbocycles. The number of hydrogen-bond donors (Lipinski definition) is 0. The summed E-state index contributed by atoms with van der Waals surface area (Å²) < 4.78 is 0. The Labute approximate surface area is 63.8 Å². The van der Waals surface area contributed by atoms with Gasteiger partial charge in [-0.15, -0.1) is 0 Å². The fraction of sp³-hybridized carbons (Fsp3) is 0. The van der Waals surface area contributed by atoms with Gasteiger partial charge < -0.3 is 0 Å². The van der Waals surface area contributed by atoms with Crippen molar-refractivity contribution in [2.75, 3.05) is 0 Å². The van der Waals surface area contributed by atoms with E-state index < -0.39 is 0 Å². The molecule has 1 aromatic rings. The molecule has 8 heavy (non-hydrogen) atoms. The summed E-state index contributed by atoms with van der Waals surface area (Å²) in [6.07, 6.45) is 0. The average Bonchev–Trinajstić information content (AvgIpc) is 1.72. The molecule has 49 valence electrons. The van der Waals surface area contributed by atoms with Crippen molar-refractivity contribution in [3.63, 3.8) is 0 Å². The maximum atomic E-state index is 2.00. The van der Waals surface area contributed by atoms with Crippen LogP contribution >= 0.6 is 9.90 Å². The van der Waals surface area contributed by atoms with Crippen LogP contribution in [0, 0.1) is 0 Å². The molecule has 1 radical (unpaired) electrons. The van der Waals surface area contributed by atoms with Crippen molar-refractivity contribution in [2.45, 2.75) is 0 Å². The SMILES string of the molecule is P.[Cu].c1ccccc1. The van der Waals surface area contributed by atoms with Gasteiger partial charge in [0.25, 0.3) is 0 Å². The van der Waals surface area contributed by atoms with Gasteiger partial charge in [0.1, 0.15) is 0 Å². The van der Waals surface area contributed by atoms with Crippen molar-refractivity contribution in [2.24, 2.45) is 0 Å². The van der Waals surface area contributed by atoms with Gasteiger partial charge in [0.15, 0.2) is 0 Å². The topological polar surface area (TPSA) is 0 Å². The first-order valence-corrected chi connectivity index (χ1v) is 2.00. The van der Waals surface area contributed by atoms with Crippen LogP contribution in [0.15, 0.2) is 36.4 Å². The molecule has 0 aromatic heterocycles. The van der Waals surface area contributed by atoms with Crippen molar-refractivity contribution in [3.8, 4) is 0 Å². The molecule has 0 nitrogen and oxygen atoms in total. The maximum Gasteiger partial charge on any atom is 0 e. The third kappa shape index (κ3) is 4.33. The quantitative estimate of drug-likeness (QED) is 0.416. The van der Waals surface area contributed by atoms with E-state index in [1.54, 1.807) is 0 Å². The van der Waals surface area contributed by atoms with E-state index in [2.05, 4.69) is 0 Å². The molecule has 1 rings (SSSR count). The van der Waals surface area contributed by atoms with Crippen LogP contribution in [0.3, 0.4) is 0 Å². The third-order valence-corrected chi connectivity index (χ3v) is 0.667. The monoisotopic (exact) mass is 175 g/mol. The Balaban J connectivity index is 0. The van der Waals surface area contributed by atoms with Gasteiger partial charge in [0, 0.05) is 17.1 Å². The first kappa shape index (κ1) is 11.0. The first-order valence-electron chi connectivity index (χ1n) is 2.00. The third-order valence-electron chi connectivity index (χ3n) is 0.667. The van der Waals surface area contributed by atoms with Crippen LogP contribution in [0.1, 0.15) is 0 Å². The minimum atomic E-state index is 0. The summed E-state index contributed by atoms with van der Waals surface area (Å²) in [5.41, 5.74) is 0. The summed E-state index contributed by atoms with van der Waals surface area (Å²) in [4.78, 5) is 0. The second-order valence-corrected chi connectivity index (χ2v) is 1.15. The van der Waals surface area contributed by atoms with E-state index in [0.717, 1.165) is 0 Å². The summed E-state index contributed by atoms with van der Waals surface area (Å²) in [6.45, 7) is 0. The normalized spacial score (nSPS) is 6.00. The van der Waals surface area contributed by atoms with Gasteiger partial charge in [0.05, 0.1) is 0 Å². The van der Waals surface area contributed by atoms with E-state index >= 15 is 0 Å². The molecule has 0 fully saturated rings. The molecule has 0 saturated heterocycles. The molecule has 0 aliphatic rings. The minimum absolute atomic E-state index is 0. The molecule has 2 heteroatoms. The Morgan fingerprint density at radius 1 is 0.500 bits per heavy atom. The van der Waals surface area contributed by atoms with Gasteiger partial charge in [-0.2, -0.15) is 9.90 Å². The predicted molar refractivity (Wildman–Crippen MR) is 37.5 cm³/mol. The van der Waals surface area contributed by atoms with Crippen LogP contribution in [0.4, 0.5) is 0 Å². The molecule has 1 unspecified atom stereocenters. The molecular formula is C6H9CuP. The van der Waals surface area contributed by atoms with Crippen LogP contribution in [0.2, 0.25) is 0 Å². The van der Waals surface area contributed by atoms with Gasteiger partial charge in [-0.1, -0.05) is 36.4 Å². The molecule has 0 N–H and O–H groups in total. The molecule has 0 spiro atoms. The van der Waals surface area contributed by atoms with Gasteiger partial charge in [-0.05, 0) is 0 Å². The van der Waals surface area contributed by atoms with E-state index in [-0.39, 0.29) is 27.0 Å². The molecule has 0 heterocycles. The van der Waals surface area contributed by atoms with E-state index in [1.165, 1.54) is 0 Å². The second-order valence-electron chi connectivity index (χ2n) is 1.15. The summed E-state index contributed by atoms with van der Waals surface area (Å²) in [5, 5.41) is 0. The standard InChI is InChI=1S/C6H6.Cu.H3P/c1-2-4-6-5-3-1;;/h1-6H;;1H3. The van der Waals surface area contributed by atoms with Crippen molar-refractivity contribution in [1.82, 2.24) is 0 Å². The number of hydrogen-bond acceptors (Lipinski definition) is 0. The molecule has 0 saturated carbocycles. The van der Waals surface area contributed by atoms with Crippen molar-refractivity contribution >= 4 is 9.90 Å². The van der Waals surface area contributed by atoms with Crippen molar-refractivity contribution < 1.29 is 17.1 Å². The maximum absolute atomic E-state index is 2.00. The van der Waals surface area contributed by atoms with Gasteiger partial charge in [0.2, 0.25) is 0 Å². The molecule has 0 aliphatic heterocycles. The van der Waals surface area contributed by atoms with Gasteiger partial charge in [-0.3, -0.25) is 0 Å². The zero-order valence-corrected chi connectivity index (χ0v) is 6.83. The van der Waals surface area contributed by atoms with E-state index in [0.29, 0.717) is 0 Å². The Hall–Kier alpha value is 0.169. The summed E-state index contributed by atoms with van der Waals surface area (Å²) in [7, 11) is 0. The van der Waals surface area contributed by atoms with Crippen molar-refractivity contribution in [1.29, 1.82) is 0 Å². The first-order chi connectivity index (χ1) is 3.00. The molecule has 1 aromatic carbocycles. The van der Waals surface area contributed by atoms with Crippen LogP contribution in [0.25, 0.3) is 0 Å². The fourth-order valence-corrected chi connectivity index (χ4v) is 0.385. The Morgan fingerprint density at radius 2 is 0.625 bits per heavy atom. The van der Waals surface area contributed by atoms with Gasteiger partial charge >= 0.3 is 0 Å². The fourth-order valence-electron chi connectivity index (χ4n) is 0.385. The van der Waals surface area contributed by atoms with Gasteiger partial charge in [-0.25, -0.2) is 0 Å². The van der Waals surface area contributed by atoms with Crippen molar-refractivity contribution in [3.05, 3.63) is 36.4 Å². The Bertz CT molecular complexity index is 80.5. The summed E-state index contributed by atoms with van der Waals surface area (Å²) >= 11 is 0. The number of rotatable bonds is 0. The molecule has 1 atom stereocenters. The average molecular weight is 176 g/mol.